The molecule has 1 amide bonds. The quantitative estimate of drug-likeness (QED) is 0.181. The lowest BCUT2D eigenvalue weighted by Gasteiger charge is -2.37. The summed E-state index contributed by atoms with van der Waals surface area (Å²) in [5.41, 5.74) is 9.21. The highest BCUT2D eigenvalue weighted by molar-refractivity contribution is 7.92. The van der Waals surface area contributed by atoms with Gasteiger partial charge in [-0.2, -0.15) is 0 Å². The Balaban J connectivity index is 0.000000171. The molecule has 2 spiro atoms. The van der Waals surface area contributed by atoms with Gasteiger partial charge >= 0.3 is 5.97 Å². The summed E-state index contributed by atoms with van der Waals surface area (Å²) in [5, 5.41) is 11.9. The molecule has 2 aliphatic carbocycles. The fourth-order valence-electron chi connectivity index (χ4n) is 9.51. The summed E-state index contributed by atoms with van der Waals surface area (Å²) in [4.78, 5) is 61.1. The van der Waals surface area contributed by atoms with Gasteiger partial charge in [-0.3, -0.25) is 33.1 Å². The van der Waals surface area contributed by atoms with Gasteiger partial charge in [0.05, 0.1) is 47.0 Å². The Hall–Kier alpha value is -5.86. The number of carbonyl (C=O) groups is 4. The number of amides is 1. The third-order valence-electron chi connectivity index (χ3n) is 13.3. The lowest BCUT2D eigenvalue weighted by Crippen LogP contribution is -2.41. The summed E-state index contributed by atoms with van der Waals surface area (Å²) >= 11 is 0. The number of ether oxygens (including phenoxy) is 1. The number of Topliss-reactive ketones (excluding diaryl/α,β-unsaturated/α-hetero) is 2. The van der Waals surface area contributed by atoms with E-state index in [9.17, 15) is 36.0 Å². The first-order valence-corrected chi connectivity index (χ1v) is 26.0. The van der Waals surface area contributed by atoms with Crippen LogP contribution in [0.25, 0.3) is 0 Å². The third kappa shape index (κ3) is 12.2. The predicted molar refractivity (Wildman–Crippen MR) is 254 cm³/mol. The van der Waals surface area contributed by atoms with Gasteiger partial charge in [-0.15, -0.1) is 0 Å². The van der Waals surface area contributed by atoms with E-state index in [1.807, 2.05) is 48.5 Å². The highest BCUT2D eigenvalue weighted by Crippen LogP contribution is 2.52. The number of carboxylic acid groups (broad SMARTS) is 1. The monoisotopic (exact) mass is 960 g/mol. The number of rotatable bonds is 7. The maximum atomic E-state index is 12.7. The Morgan fingerprint density at radius 3 is 1.46 bits per heavy atom. The van der Waals surface area contributed by atoms with Crippen LogP contribution in [-0.4, -0.2) is 104 Å². The normalized spacial score (nSPS) is 23.9. The van der Waals surface area contributed by atoms with Gasteiger partial charge in [0.15, 0.2) is 11.6 Å². The van der Waals surface area contributed by atoms with E-state index < -0.39 is 26.0 Å². The molecule has 1 saturated heterocycles. The van der Waals surface area contributed by atoms with Crippen LogP contribution in [-0.2, 0) is 45.2 Å². The van der Waals surface area contributed by atoms with E-state index >= 15 is 0 Å². The van der Waals surface area contributed by atoms with Gasteiger partial charge in [-0.25, -0.2) is 36.8 Å². The Morgan fingerprint density at radius 2 is 1.10 bits per heavy atom. The molecule has 3 aliphatic heterocycles. The molecule has 3 fully saturated rings. The zero-order valence-electron chi connectivity index (χ0n) is 38.6. The standard InChI is InChI=1S/C21H24N4O4S.C15H19NO4S.C6H7N3O.C5H10O/c1-14(26)16-11-22-20(23-12-16)24-19(27)15-7-9-21(10-8-15)13-25(30(2,28)29)18-6-4-3-5-17(18)21;1-21(19,20)16-10-15(12-4-2-3-5-13(12)16)8-6-11(7-9-15)14(17)18;1-4(10)5-2-8-6(7)9-3-5;1-5-3-2-4-6-5/h3-6,11-12,15H,7-10,13H2,1-2H3,(H,22,23,24,27);2-5,11H,6-10H2,1H3,(H,17,18);2-3H,1H3,(H2,7,8,9);5H,2-4H2,1H3. The number of aliphatic carboxylic acids is 1. The van der Waals surface area contributed by atoms with Crippen molar-refractivity contribution >= 4 is 66.8 Å². The number of para-hydroxylation sites is 2. The SMILES string of the molecule is CC(=O)c1cnc(N)nc1.CC(=O)c1cnc(NC(=O)C2CCC3(CC2)CN(S(C)(=O)=O)c2ccccc23)nc1.CC1CCCO1.CS(=O)(=O)N1CC2(CCC(C(=O)O)CC2)c2ccccc21. The van der Waals surface area contributed by atoms with E-state index in [0.29, 0.717) is 56.0 Å². The average Bonchev–Trinajstić information content (AvgIpc) is 4.00. The first-order chi connectivity index (χ1) is 31.6. The predicted octanol–water partition coefficient (Wildman–Crippen LogP) is 5.95. The number of nitrogens with two attached hydrogens (primary N) is 1. The number of carboxylic acids is 1. The minimum absolute atomic E-state index is 0.0556. The number of benzene rings is 2. The number of fused-ring (bicyclic) bond motifs is 4. The van der Waals surface area contributed by atoms with Crippen molar-refractivity contribution in [3.63, 3.8) is 0 Å². The summed E-state index contributed by atoms with van der Waals surface area (Å²) in [7, 11) is -6.66. The van der Waals surface area contributed by atoms with Crippen molar-refractivity contribution in [3.8, 4) is 0 Å². The number of hydrogen-bond donors (Lipinski definition) is 3. The van der Waals surface area contributed by atoms with Gasteiger partial charge in [-0.05, 0) is 108 Å². The Labute approximate surface area is 392 Å². The van der Waals surface area contributed by atoms with Crippen molar-refractivity contribution in [1.29, 1.82) is 0 Å². The molecule has 1 atom stereocenters. The van der Waals surface area contributed by atoms with Crippen molar-refractivity contribution in [2.45, 2.75) is 102 Å². The Bertz CT molecular complexity index is 2640. The second-order valence-corrected chi connectivity index (χ2v) is 21.9. The molecular weight excluding hydrogens is 901 g/mol. The third-order valence-corrected chi connectivity index (χ3v) is 15.6. The molecule has 0 radical (unpaired) electrons. The summed E-state index contributed by atoms with van der Waals surface area (Å²) in [6.07, 6.45) is 16.6. The molecule has 4 aromatic rings. The smallest absolute Gasteiger partial charge is 0.306 e. The minimum Gasteiger partial charge on any atom is -0.481 e. The highest BCUT2D eigenvalue weighted by Gasteiger charge is 2.49. The van der Waals surface area contributed by atoms with Gasteiger partial charge in [-0.1, -0.05) is 36.4 Å². The van der Waals surface area contributed by atoms with E-state index in [-0.39, 0.29) is 52.0 Å². The van der Waals surface area contributed by atoms with Crippen molar-refractivity contribution in [2.24, 2.45) is 11.8 Å². The fraction of sp³-hybridized carbons (Fsp3) is 0.489. The molecule has 67 heavy (non-hydrogen) atoms. The van der Waals surface area contributed by atoms with Crippen LogP contribution in [0.2, 0.25) is 0 Å². The van der Waals surface area contributed by atoms with Crippen molar-refractivity contribution in [2.75, 3.05) is 51.9 Å². The number of ketones is 2. The summed E-state index contributed by atoms with van der Waals surface area (Å²) in [5.74, 6) is -1.20. The van der Waals surface area contributed by atoms with E-state index in [1.54, 1.807) is 0 Å². The van der Waals surface area contributed by atoms with Crippen LogP contribution in [0, 0.1) is 11.8 Å². The van der Waals surface area contributed by atoms with Crippen LogP contribution in [0.5, 0.6) is 0 Å². The van der Waals surface area contributed by atoms with Gasteiger partial charge in [0, 0.05) is 61.2 Å². The second kappa shape index (κ2) is 21.0. The Morgan fingerprint density at radius 1 is 0.687 bits per heavy atom. The van der Waals surface area contributed by atoms with E-state index in [2.05, 4.69) is 32.2 Å². The molecule has 2 aromatic carbocycles. The molecule has 5 aliphatic rings. The van der Waals surface area contributed by atoms with Gasteiger partial charge in [0.2, 0.25) is 37.9 Å². The lowest BCUT2D eigenvalue weighted by atomic mass is 9.67. The van der Waals surface area contributed by atoms with Crippen molar-refractivity contribution < 1.29 is 45.9 Å². The maximum absolute atomic E-state index is 12.7. The number of sulfonamides is 2. The first kappa shape index (κ1) is 50.6. The van der Waals surface area contributed by atoms with Crippen LogP contribution in [0.3, 0.4) is 0 Å². The Kier molecular flexibility index (Phi) is 15.8. The molecule has 5 heterocycles. The fourth-order valence-corrected chi connectivity index (χ4v) is 11.5. The number of nitrogen functional groups attached to an aromatic ring is 1. The molecule has 2 saturated carbocycles. The molecule has 20 heteroatoms. The zero-order chi connectivity index (χ0) is 48.7. The van der Waals surface area contributed by atoms with Crippen LogP contribution >= 0.6 is 0 Å². The molecule has 360 valence electrons. The number of nitrogens with zero attached hydrogens (tertiary/aromatic N) is 6. The highest BCUT2D eigenvalue weighted by atomic mass is 32.2. The van der Waals surface area contributed by atoms with Crippen molar-refractivity contribution in [1.82, 2.24) is 19.9 Å². The largest absolute Gasteiger partial charge is 0.481 e. The van der Waals surface area contributed by atoms with Crippen LogP contribution < -0.4 is 19.7 Å². The first-order valence-electron chi connectivity index (χ1n) is 22.3. The lowest BCUT2D eigenvalue weighted by molar-refractivity contribution is -0.143. The number of hydrogen-bond acceptors (Lipinski definition) is 14. The van der Waals surface area contributed by atoms with Gasteiger partial charge in [0.1, 0.15) is 0 Å². The van der Waals surface area contributed by atoms with Crippen molar-refractivity contribution in [3.05, 3.63) is 95.6 Å². The number of anilines is 4. The summed E-state index contributed by atoms with van der Waals surface area (Å²) in [6.45, 7) is 6.86. The van der Waals surface area contributed by atoms with Gasteiger partial charge < -0.3 is 15.6 Å². The van der Waals surface area contributed by atoms with E-state index in [4.69, 9.17) is 15.6 Å². The summed E-state index contributed by atoms with van der Waals surface area (Å²) in [6, 6.07) is 15.3. The molecule has 9 rings (SSSR count). The van der Waals surface area contributed by atoms with E-state index in [0.717, 1.165) is 54.8 Å². The molecular formula is C47H60N8O10S2. The molecule has 2 aromatic heterocycles. The summed E-state index contributed by atoms with van der Waals surface area (Å²) < 4.78 is 56.8. The molecule has 4 N–H and O–H groups in total. The average molecular weight is 961 g/mol. The van der Waals surface area contributed by atoms with Crippen LogP contribution in [0.1, 0.15) is 117 Å². The van der Waals surface area contributed by atoms with E-state index in [1.165, 1.54) is 72.6 Å². The minimum atomic E-state index is -3.36. The molecule has 0 bridgehead atoms. The second-order valence-electron chi connectivity index (χ2n) is 18.1. The number of carbonyl (C=O) groups excluding carboxylic acids is 3. The number of nitrogens with one attached hydrogen (secondary N) is 1. The molecule has 18 nitrogen and oxygen atoms in total. The maximum Gasteiger partial charge on any atom is 0.306 e. The number of aromatic nitrogens is 4. The van der Waals surface area contributed by atoms with Crippen LogP contribution in [0.4, 0.5) is 23.3 Å². The van der Waals surface area contributed by atoms with Crippen LogP contribution in [0.15, 0.2) is 73.3 Å². The zero-order valence-corrected chi connectivity index (χ0v) is 40.2. The molecule has 1 unspecified atom stereocenters. The topological polar surface area (TPSA) is 262 Å². The van der Waals surface area contributed by atoms with Gasteiger partial charge in [0.25, 0.3) is 0 Å².